The summed E-state index contributed by atoms with van der Waals surface area (Å²) in [4.78, 5) is 18.1. The highest BCUT2D eigenvalue weighted by Crippen LogP contribution is 2.20. The smallest absolute Gasteiger partial charge is 0.220 e. The van der Waals surface area contributed by atoms with E-state index in [1.165, 1.54) is 0 Å². The zero-order valence-electron chi connectivity index (χ0n) is 14.4. The van der Waals surface area contributed by atoms with Crippen molar-refractivity contribution in [2.75, 3.05) is 27.2 Å². The molecular formula is C18H25N5O. The average molecular weight is 327 g/mol. The first-order valence-electron chi connectivity index (χ1n) is 8.31. The van der Waals surface area contributed by atoms with E-state index in [0.717, 1.165) is 37.5 Å². The second-order valence-electron chi connectivity index (χ2n) is 6.02. The lowest BCUT2D eigenvalue weighted by Crippen LogP contribution is -2.45. The third-order valence-electron chi connectivity index (χ3n) is 4.41. The van der Waals surface area contributed by atoms with Crippen LogP contribution in [-0.2, 0) is 11.3 Å². The number of rotatable bonds is 4. The Balaban J connectivity index is 1.82. The number of guanidine groups is 1. The molecular weight excluding hydrogens is 302 g/mol. The maximum Gasteiger partial charge on any atom is 0.220 e. The lowest BCUT2D eigenvalue weighted by atomic mass is 9.93. The van der Waals surface area contributed by atoms with Gasteiger partial charge in [0, 0.05) is 40.2 Å². The second-order valence-corrected chi connectivity index (χ2v) is 6.02. The predicted octanol–water partition coefficient (Wildman–Crippen LogP) is 1.48. The van der Waals surface area contributed by atoms with Gasteiger partial charge in [0.15, 0.2) is 5.96 Å². The van der Waals surface area contributed by atoms with E-state index < -0.39 is 0 Å². The number of hydrogen-bond acceptors (Lipinski definition) is 3. The Morgan fingerprint density at radius 1 is 1.33 bits per heavy atom. The minimum absolute atomic E-state index is 0.122. The summed E-state index contributed by atoms with van der Waals surface area (Å²) in [5.74, 6) is 1.47. The molecule has 1 aromatic carbocycles. The molecule has 1 amide bonds. The Morgan fingerprint density at radius 2 is 2.00 bits per heavy atom. The standard InChI is InChI=1S/C18H25N5O/c1-20-17(24)11-14-7-9-23(10-8-14)18(21-2)22-13-16-5-3-15(12-19)4-6-16/h3-6,14H,7-11,13H2,1-2H3,(H,20,24)(H,21,22). The van der Waals surface area contributed by atoms with E-state index in [4.69, 9.17) is 5.26 Å². The number of benzene rings is 1. The summed E-state index contributed by atoms with van der Waals surface area (Å²) in [7, 11) is 3.48. The van der Waals surface area contributed by atoms with E-state index in [2.05, 4.69) is 26.6 Å². The second kappa shape index (κ2) is 8.92. The molecule has 6 nitrogen and oxygen atoms in total. The third-order valence-corrected chi connectivity index (χ3v) is 4.41. The number of nitriles is 1. The number of likely N-dealkylation sites (tertiary alicyclic amines) is 1. The first-order chi connectivity index (χ1) is 11.7. The molecule has 24 heavy (non-hydrogen) atoms. The van der Waals surface area contributed by atoms with Crippen molar-refractivity contribution in [1.82, 2.24) is 15.5 Å². The van der Waals surface area contributed by atoms with Crippen LogP contribution in [0.15, 0.2) is 29.3 Å². The number of nitrogens with one attached hydrogen (secondary N) is 2. The lowest BCUT2D eigenvalue weighted by Gasteiger charge is -2.34. The van der Waals surface area contributed by atoms with Gasteiger partial charge in [0.1, 0.15) is 0 Å². The number of piperidine rings is 1. The van der Waals surface area contributed by atoms with Crippen molar-refractivity contribution in [1.29, 1.82) is 5.26 Å². The van der Waals surface area contributed by atoms with Gasteiger partial charge in [0.05, 0.1) is 11.6 Å². The minimum Gasteiger partial charge on any atom is -0.359 e. The molecule has 0 unspecified atom stereocenters. The van der Waals surface area contributed by atoms with Gasteiger partial charge in [-0.25, -0.2) is 0 Å². The van der Waals surface area contributed by atoms with Gasteiger partial charge in [-0.1, -0.05) is 12.1 Å². The molecule has 2 N–H and O–H groups in total. The summed E-state index contributed by atoms with van der Waals surface area (Å²) in [5, 5.41) is 14.9. The highest BCUT2D eigenvalue weighted by Gasteiger charge is 2.22. The number of nitrogens with zero attached hydrogens (tertiary/aromatic N) is 3. The molecule has 0 aromatic heterocycles. The molecule has 6 heteroatoms. The summed E-state index contributed by atoms with van der Waals surface area (Å²) in [6.45, 7) is 2.50. The van der Waals surface area contributed by atoms with Crippen LogP contribution < -0.4 is 10.6 Å². The van der Waals surface area contributed by atoms with Crippen LogP contribution in [0.1, 0.15) is 30.4 Å². The Bertz CT molecular complexity index is 609. The molecule has 1 saturated heterocycles. The molecule has 0 atom stereocenters. The van der Waals surface area contributed by atoms with Gasteiger partial charge < -0.3 is 15.5 Å². The van der Waals surface area contributed by atoms with E-state index >= 15 is 0 Å². The third kappa shape index (κ3) is 4.98. The molecule has 1 heterocycles. The molecule has 1 fully saturated rings. The van der Waals surface area contributed by atoms with Crippen LogP contribution in [-0.4, -0.2) is 44.0 Å². The van der Waals surface area contributed by atoms with E-state index in [0.29, 0.717) is 24.4 Å². The van der Waals surface area contributed by atoms with Crippen molar-refractivity contribution in [3.8, 4) is 6.07 Å². The van der Waals surface area contributed by atoms with Crippen LogP contribution in [0.5, 0.6) is 0 Å². The molecule has 0 spiro atoms. The summed E-state index contributed by atoms with van der Waals surface area (Å²) in [6.07, 6.45) is 2.62. The zero-order valence-corrected chi connectivity index (χ0v) is 14.4. The fraction of sp³-hybridized carbons (Fsp3) is 0.500. The minimum atomic E-state index is 0.122. The van der Waals surface area contributed by atoms with Gasteiger partial charge >= 0.3 is 0 Å². The summed E-state index contributed by atoms with van der Waals surface area (Å²) < 4.78 is 0. The van der Waals surface area contributed by atoms with Gasteiger partial charge in [-0.15, -0.1) is 0 Å². The van der Waals surface area contributed by atoms with E-state index in [9.17, 15) is 4.79 Å². The number of aliphatic imine (C=N–C) groups is 1. The quantitative estimate of drug-likeness (QED) is 0.648. The van der Waals surface area contributed by atoms with Crippen LogP contribution >= 0.6 is 0 Å². The van der Waals surface area contributed by atoms with Crippen molar-refractivity contribution < 1.29 is 4.79 Å². The highest BCUT2D eigenvalue weighted by atomic mass is 16.1. The first-order valence-corrected chi connectivity index (χ1v) is 8.31. The SMILES string of the molecule is CN=C(NCc1ccc(C#N)cc1)N1CCC(CC(=O)NC)CC1. The van der Waals surface area contributed by atoms with Crippen molar-refractivity contribution in [2.24, 2.45) is 10.9 Å². The molecule has 0 radical (unpaired) electrons. The van der Waals surface area contributed by atoms with E-state index in [-0.39, 0.29) is 5.91 Å². The highest BCUT2D eigenvalue weighted by molar-refractivity contribution is 5.80. The van der Waals surface area contributed by atoms with Crippen LogP contribution in [0.25, 0.3) is 0 Å². The first kappa shape index (κ1) is 17.8. The molecule has 128 valence electrons. The molecule has 0 saturated carbocycles. The molecule has 1 aromatic rings. The van der Waals surface area contributed by atoms with Crippen molar-refractivity contribution in [3.05, 3.63) is 35.4 Å². The molecule has 1 aliphatic heterocycles. The van der Waals surface area contributed by atoms with Gasteiger partial charge in [0.2, 0.25) is 5.91 Å². The van der Waals surface area contributed by atoms with Crippen LogP contribution in [0, 0.1) is 17.2 Å². The van der Waals surface area contributed by atoms with Crippen molar-refractivity contribution >= 4 is 11.9 Å². The van der Waals surface area contributed by atoms with Crippen LogP contribution in [0.4, 0.5) is 0 Å². The fourth-order valence-electron chi connectivity index (χ4n) is 2.92. The Hall–Kier alpha value is -2.55. The fourth-order valence-corrected chi connectivity index (χ4v) is 2.92. The monoisotopic (exact) mass is 327 g/mol. The van der Waals surface area contributed by atoms with Gasteiger partial charge in [0.25, 0.3) is 0 Å². The molecule has 2 rings (SSSR count). The predicted molar refractivity (Wildman–Crippen MR) is 94.3 cm³/mol. The molecule has 1 aliphatic rings. The maximum atomic E-state index is 11.5. The van der Waals surface area contributed by atoms with E-state index in [1.807, 2.05) is 24.3 Å². The largest absolute Gasteiger partial charge is 0.359 e. The Labute approximate surface area is 143 Å². The number of amides is 1. The van der Waals surface area contributed by atoms with Crippen LogP contribution in [0.3, 0.4) is 0 Å². The van der Waals surface area contributed by atoms with Gasteiger partial charge in [-0.2, -0.15) is 5.26 Å². The summed E-state index contributed by atoms with van der Waals surface area (Å²) >= 11 is 0. The number of carbonyl (C=O) groups excluding carboxylic acids is 1. The van der Waals surface area contributed by atoms with Gasteiger partial charge in [-0.05, 0) is 36.5 Å². The van der Waals surface area contributed by atoms with Crippen LogP contribution in [0.2, 0.25) is 0 Å². The topological polar surface area (TPSA) is 80.5 Å². The van der Waals surface area contributed by atoms with E-state index in [1.54, 1.807) is 14.1 Å². The number of hydrogen-bond donors (Lipinski definition) is 2. The molecule has 0 aliphatic carbocycles. The zero-order chi connectivity index (χ0) is 17.4. The van der Waals surface area contributed by atoms with Crippen molar-refractivity contribution in [2.45, 2.75) is 25.8 Å². The molecule has 0 bridgehead atoms. The number of carbonyl (C=O) groups is 1. The normalized spacial score (nSPS) is 15.7. The van der Waals surface area contributed by atoms with Gasteiger partial charge in [-0.3, -0.25) is 9.79 Å². The summed E-state index contributed by atoms with van der Waals surface area (Å²) in [5.41, 5.74) is 1.78. The maximum absolute atomic E-state index is 11.5. The lowest BCUT2D eigenvalue weighted by molar-refractivity contribution is -0.121. The Morgan fingerprint density at radius 3 is 2.54 bits per heavy atom. The summed E-state index contributed by atoms with van der Waals surface area (Å²) in [6, 6.07) is 9.68. The Kier molecular flexibility index (Phi) is 6.62. The van der Waals surface area contributed by atoms with Crippen molar-refractivity contribution in [3.63, 3.8) is 0 Å². The average Bonchev–Trinajstić information content (AvgIpc) is 2.63.